The topological polar surface area (TPSA) is 46.5 Å². The van der Waals surface area contributed by atoms with Crippen molar-refractivity contribution >= 4 is 5.97 Å². The van der Waals surface area contributed by atoms with Crippen LogP contribution in [0.1, 0.15) is 64.4 Å². The normalized spacial score (nSPS) is 10.1. The molecule has 0 aliphatic rings. The fourth-order valence-corrected chi connectivity index (χ4v) is 2.24. The van der Waals surface area contributed by atoms with Crippen LogP contribution in [0.4, 0.5) is 0 Å². The van der Waals surface area contributed by atoms with Gasteiger partial charge >= 0.3 is 5.97 Å². The Bertz CT molecular complexity index is 478. The van der Waals surface area contributed by atoms with Crippen LogP contribution in [0.5, 0.6) is 5.75 Å². The number of aryl methyl sites for hydroxylation is 1. The van der Waals surface area contributed by atoms with Crippen molar-refractivity contribution in [1.82, 2.24) is 0 Å². The second-order valence-corrected chi connectivity index (χ2v) is 5.61. The highest BCUT2D eigenvalue weighted by molar-refractivity contribution is 5.78. The first-order chi connectivity index (χ1) is 11.7. The molecule has 3 nitrogen and oxygen atoms in total. The molecule has 0 aliphatic heterocycles. The quantitative estimate of drug-likeness (QED) is 0.300. The molecule has 134 valence electrons. The smallest absolute Gasteiger partial charge is 0.327 e. The number of carbonyl (C=O) groups is 1. The summed E-state index contributed by atoms with van der Waals surface area (Å²) in [5.74, 6) is 0.0246. The number of hydrogen-bond acceptors (Lipinski definition) is 2. The van der Waals surface area contributed by atoms with Gasteiger partial charge in [-0.05, 0) is 31.4 Å². The molecule has 0 aliphatic carbocycles. The van der Waals surface area contributed by atoms with Crippen molar-refractivity contribution in [2.24, 2.45) is 0 Å². The van der Waals surface area contributed by atoms with Crippen LogP contribution in [0.25, 0.3) is 0 Å². The third-order valence-electron chi connectivity index (χ3n) is 3.53. The number of allylic oxidation sites excluding steroid dienone is 1. The van der Waals surface area contributed by atoms with Crippen LogP contribution < -0.4 is 4.74 Å². The molecule has 0 heterocycles. The van der Waals surface area contributed by atoms with E-state index in [0.717, 1.165) is 18.2 Å². The molecule has 0 spiro atoms. The summed E-state index contributed by atoms with van der Waals surface area (Å²) in [7, 11) is 0. The average molecular weight is 332 g/mol. The highest BCUT2D eigenvalue weighted by atomic mass is 16.5. The summed E-state index contributed by atoms with van der Waals surface area (Å²) in [6.07, 6.45) is 15.1. The number of aliphatic carboxylic acids is 1. The maximum atomic E-state index is 9.25. The lowest BCUT2D eigenvalue weighted by atomic mass is 10.0. The summed E-state index contributed by atoms with van der Waals surface area (Å²) < 4.78 is 5.62. The molecule has 0 saturated carbocycles. The molecule has 1 aromatic rings. The predicted octanol–water partition coefficient (Wildman–Crippen LogP) is 6.15. The molecule has 0 fully saturated rings. The zero-order chi connectivity index (χ0) is 18.0. The molecule has 24 heavy (non-hydrogen) atoms. The van der Waals surface area contributed by atoms with Crippen molar-refractivity contribution in [2.45, 2.75) is 65.2 Å². The molecular weight excluding hydrogens is 300 g/mol. The summed E-state index contributed by atoms with van der Waals surface area (Å²) in [4.78, 5) is 9.25. The van der Waals surface area contributed by atoms with Gasteiger partial charge in [0.15, 0.2) is 0 Å². The Morgan fingerprint density at radius 1 is 1.12 bits per heavy atom. The lowest BCUT2D eigenvalue weighted by molar-refractivity contribution is -0.131. The molecule has 3 heteroatoms. The van der Waals surface area contributed by atoms with Gasteiger partial charge in [-0.15, -0.1) is 0 Å². The summed E-state index contributed by atoms with van der Waals surface area (Å²) in [6, 6.07) is 8.36. The standard InChI is InChI=1S/C18H28O.C3H4O2/c1-3-5-6-7-8-9-10-13-17-14-11-12-15-18(17)19-16-4-2;1-2-3(4)5/h4,11-12,14-16H,3,5-10,13H2,1-2H3;2H,1H2,(H,4,5). The van der Waals surface area contributed by atoms with E-state index in [2.05, 4.69) is 31.7 Å². The lowest BCUT2D eigenvalue weighted by Gasteiger charge is -2.08. The zero-order valence-electron chi connectivity index (χ0n) is 15.2. The lowest BCUT2D eigenvalue weighted by Crippen LogP contribution is -1.92. The molecule has 0 aromatic heterocycles. The third kappa shape index (κ3) is 12.5. The van der Waals surface area contributed by atoms with Gasteiger partial charge in [-0.25, -0.2) is 4.79 Å². The minimum absolute atomic E-state index is 0.833. The van der Waals surface area contributed by atoms with Crippen molar-refractivity contribution in [3.05, 3.63) is 54.8 Å². The number of benzene rings is 1. The molecule has 0 radical (unpaired) electrons. The number of carboxylic acids is 1. The van der Waals surface area contributed by atoms with Crippen molar-refractivity contribution in [1.29, 1.82) is 0 Å². The Labute approximate surface area is 147 Å². The van der Waals surface area contributed by atoms with Crippen LogP contribution in [-0.2, 0) is 11.2 Å². The van der Waals surface area contributed by atoms with Gasteiger partial charge in [-0.1, -0.05) is 76.3 Å². The Hall–Kier alpha value is -2.03. The van der Waals surface area contributed by atoms with Crippen LogP contribution in [-0.4, -0.2) is 11.1 Å². The fourth-order valence-electron chi connectivity index (χ4n) is 2.24. The van der Waals surface area contributed by atoms with Gasteiger partial charge in [0, 0.05) is 6.08 Å². The first-order valence-corrected chi connectivity index (χ1v) is 8.86. The fraction of sp³-hybridized carbons (Fsp3) is 0.476. The van der Waals surface area contributed by atoms with Gasteiger partial charge in [0.1, 0.15) is 5.75 Å². The summed E-state index contributed by atoms with van der Waals surface area (Å²) in [6.45, 7) is 7.20. The van der Waals surface area contributed by atoms with E-state index >= 15 is 0 Å². The predicted molar refractivity (Wildman–Crippen MR) is 101 cm³/mol. The van der Waals surface area contributed by atoms with E-state index in [-0.39, 0.29) is 0 Å². The minimum atomic E-state index is -0.981. The summed E-state index contributed by atoms with van der Waals surface area (Å²) in [5, 5.41) is 7.60. The van der Waals surface area contributed by atoms with E-state index in [9.17, 15) is 4.79 Å². The molecule has 1 rings (SSSR count). The second kappa shape index (κ2) is 15.9. The van der Waals surface area contributed by atoms with Crippen LogP contribution in [0, 0.1) is 0 Å². The van der Waals surface area contributed by atoms with Gasteiger partial charge in [-0.2, -0.15) is 0 Å². The number of hydrogen-bond donors (Lipinski definition) is 1. The maximum absolute atomic E-state index is 9.25. The van der Waals surface area contributed by atoms with Crippen LogP contribution >= 0.6 is 0 Å². The summed E-state index contributed by atoms with van der Waals surface area (Å²) >= 11 is 0. The third-order valence-corrected chi connectivity index (χ3v) is 3.53. The van der Waals surface area contributed by atoms with Crippen molar-refractivity contribution in [3.8, 4) is 5.75 Å². The van der Waals surface area contributed by atoms with Crippen LogP contribution in [0.15, 0.2) is 49.3 Å². The molecular formula is C21H32O3. The molecule has 0 saturated heterocycles. The Morgan fingerprint density at radius 2 is 1.71 bits per heavy atom. The van der Waals surface area contributed by atoms with E-state index in [4.69, 9.17) is 9.84 Å². The van der Waals surface area contributed by atoms with E-state index < -0.39 is 5.97 Å². The van der Waals surface area contributed by atoms with E-state index in [1.807, 2.05) is 19.1 Å². The van der Waals surface area contributed by atoms with Crippen molar-refractivity contribution in [3.63, 3.8) is 0 Å². The molecule has 0 amide bonds. The average Bonchev–Trinajstić information content (AvgIpc) is 2.60. The number of para-hydroxylation sites is 1. The Balaban J connectivity index is 0.000000922. The van der Waals surface area contributed by atoms with E-state index in [0.29, 0.717) is 0 Å². The highest BCUT2D eigenvalue weighted by Gasteiger charge is 2.01. The van der Waals surface area contributed by atoms with Gasteiger partial charge in [0.05, 0.1) is 6.26 Å². The van der Waals surface area contributed by atoms with E-state index in [1.165, 1.54) is 50.5 Å². The van der Waals surface area contributed by atoms with Crippen LogP contribution in [0.2, 0.25) is 0 Å². The number of ether oxygens (including phenoxy) is 1. The minimum Gasteiger partial charge on any atom is -0.478 e. The van der Waals surface area contributed by atoms with Crippen molar-refractivity contribution < 1.29 is 14.6 Å². The molecule has 0 bridgehead atoms. The molecule has 0 unspecified atom stereocenters. The van der Waals surface area contributed by atoms with Gasteiger partial charge < -0.3 is 9.84 Å². The SMILES string of the molecule is C=CC(=O)O.CC=COc1ccccc1CCCCCCCCC. The molecule has 0 atom stereocenters. The first kappa shape index (κ1) is 22.0. The molecule has 1 aromatic carbocycles. The van der Waals surface area contributed by atoms with Gasteiger partial charge in [-0.3, -0.25) is 0 Å². The molecule has 1 N–H and O–H groups in total. The number of rotatable bonds is 11. The Kier molecular flexibility index (Phi) is 14.5. The van der Waals surface area contributed by atoms with Gasteiger partial charge in [0.2, 0.25) is 0 Å². The second-order valence-electron chi connectivity index (χ2n) is 5.61. The van der Waals surface area contributed by atoms with Crippen LogP contribution in [0.3, 0.4) is 0 Å². The zero-order valence-corrected chi connectivity index (χ0v) is 15.2. The summed E-state index contributed by atoms with van der Waals surface area (Å²) in [5.41, 5.74) is 1.33. The number of carboxylic acid groups (broad SMARTS) is 1. The highest BCUT2D eigenvalue weighted by Crippen LogP contribution is 2.21. The monoisotopic (exact) mass is 332 g/mol. The Morgan fingerprint density at radius 3 is 2.29 bits per heavy atom. The van der Waals surface area contributed by atoms with Crippen molar-refractivity contribution in [2.75, 3.05) is 0 Å². The maximum Gasteiger partial charge on any atom is 0.327 e. The van der Waals surface area contributed by atoms with Gasteiger partial charge in [0.25, 0.3) is 0 Å². The largest absolute Gasteiger partial charge is 0.478 e. The number of unbranched alkanes of at least 4 members (excludes halogenated alkanes) is 6. The van der Waals surface area contributed by atoms with E-state index in [1.54, 1.807) is 6.26 Å². The first-order valence-electron chi connectivity index (χ1n) is 8.86.